The number of carbonyl (C=O) groups excluding carboxylic acids is 1. The number of nitrogens with zero attached hydrogens (tertiary/aromatic N) is 1. The van der Waals surface area contributed by atoms with Crippen LogP contribution in [-0.2, 0) is 11.3 Å². The lowest BCUT2D eigenvalue weighted by Gasteiger charge is -2.20. The smallest absolute Gasteiger partial charge is 0.244 e. The highest BCUT2D eigenvalue weighted by Gasteiger charge is 2.19. The summed E-state index contributed by atoms with van der Waals surface area (Å²) in [6.07, 6.45) is 0. The lowest BCUT2D eigenvalue weighted by Crippen LogP contribution is -2.35. The van der Waals surface area contributed by atoms with E-state index in [2.05, 4.69) is 0 Å². The fraction of sp³-hybridized carbons (Fsp3) is 0.214. The maximum absolute atomic E-state index is 12.2. The van der Waals surface area contributed by atoms with Gasteiger partial charge in [-0.05, 0) is 17.0 Å². The van der Waals surface area contributed by atoms with Gasteiger partial charge in [-0.25, -0.2) is 0 Å². The van der Waals surface area contributed by atoms with Gasteiger partial charge in [0.05, 0.1) is 6.54 Å². The van der Waals surface area contributed by atoms with Crippen LogP contribution in [0, 0.1) is 0 Å². The molecule has 0 aliphatic rings. The van der Waals surface area contributed by atoms with Gasteiger partial charge in [-0.1, -0.05) is 36.4 Å². The van der Waals surface area contributed by atoms with E-state index in [4.69, 9.17) is 5.73 Å². The molecule has 0 saturated heterocycles. The van der Waals surface area contributed by atoms with Crippen LogP contribution in [0.25, 0.3) is 0 Å². The number of benzene rings is 1. The molecule has 1 aromatic heterocycles. The molecule has 94 valence electrons. The molecule has 18 heavy (non-hydrogen) atoms. The molecule has 1 heterocycles. The number of thiophene rings is 1. The molecule has 1 atom stereocenters. The Balaban J connectivity index is 2.02. The molecule has 4 heteroatoms. The number of nitrogens with two attached hydrogens (primary N) is 1. The number of carbonyl (C=O) groups is 1. The van der Waals surface area contributed by atoms with Gasteiger partial charge in [0, 0.05) is 11.9 Å². The van der Waals surface area contributed by atoms with E-state index < -0.39 is 6.04 Å². The van der Waals surface area contributed by atoms with Crippen molar-refractivity contribution in [2.75, 3.05) is 7.05 Å². The van der Waals surface area contributed by atoms with Gasteiger partial charge in [0.25, 0.3) is 0 Å². The summed E-state index contributed by atoms with van der Waals surface area (Å²) in [5.74, 6) is -0.0606. The van der Waals surface area contributed by atoms with Gasteiger partial charge in [0.15, 0.2) is 0 Å². The van der Waals surface area contributed by atoms with Crippen LogP contribution in [0.3, 0.4) is 0 Å². The van der Waals surface area contributed by atoms with Crippen LogP contribution >= 0.6 is 11.3 Å². The molecule has 0 aliphatic heterocycles. The van der Waals surface area contributed by atoms with E-state index in [1.165, 1.54) is 0 Å². The maximum atomic E-state index is 12.2. The number of likely N-dealkylation sites (N-methyl/N-ethyl adjacent to an activating group) is 1. The fourth-order valence-electron chi connectivity index (χ4n) is 1.75. The standard InChI is InChI=1S/C14H16N2OS/c1-16(10-12-8-5-9-18-12)14(17)13(15)11-6-3-2-4-7-11/h2-9,13H,10,15H2,1H3. The summed E-state index contributed by atoms with van der Waals surface area (Å²) in [5, 5.41) is 2.00. The lowest BCUT2D eigenvalue weighted by atomic mass is 10.1. The van der Waals surface area contributed by atoms with E-state index in [9.17, 15) is 4.79 Å². The third kappa shape index (κ3) is 2.97. The first-order chi connectivity index (χ1) is 8.68. The Bertz CT molecular complexity index is 496. The van der Waals surface area contributed by atoms with Gasteiger partial charge < -0.3 is 10.6 Å². The minimum atomic E-state index is -0.587. The zero-order valence-electron chi connectivity index (χ0n) is 10.2. The Hall–Kier alpha value is -1.65. The number of amides is 1. The molecule has 0 saturated carbocycles. The molecule has 2 aromatic rings. The Morgan fingerprint density at radius 3 is 2.61 bits per heavy atom. The van der Waals surface area contributed by atoms with Crippen LogP contribution in [0.15, 0.2) is 47.8 Å². The highest BCUT2D eigenvalue weighted by Crippen LogP contribution is 2.16. The first-order valence-electron chi connectivity index (χ1n) is 5.76. The molecule has 0 spiro atoms. The van der Waals surface area contributed by atoms with E-state index >= 15 is 0 Å². The van der Waals surface area contributed by atoms with E-state index in [0.29, 0.717) is 6.54 Å². The van der Waals surface area contributed by atoms with Crippen molar-refractivity contribution in [1.29, 1.82) is 0 Å². The number of hydrogen-bond acceptors (Lipinski definition) is 3. The van der Waals surface area contributed by atoms with Gasteiger partial charge in [0.1, 0.15) is 6.04 Å². The van der Waals surface area contributed by atoms with Gasteiger partial charge >= 0.3 is 0 Å². The van der Waals surface area contributed by atoms with Crippen molar-refractivity contribution in [3.05, 3.63) is 58.3 Å². The lowest BCUT2D eigenvalue weighted by molar-refractivity contribution is -0.131. The van der Waals surface area contributed by atoms with Gasteiger partial charge in [-0.3, -0.25) is 4.79 Å². The molecule has 1 amide bonds. The zero-order valence-corrected chi connectivity index (χ0v) is 11.1. The van der Waals surface area contributed by atoms with Crippen molar-refractivity contribution >= 4 is 17.2 Å². The molecule has 1 aromatic carbocycles. The van der Waals surface area contributed by atoms with Gasteiger partial charge in [-0.15, -0.1) is 11.3 Å². The first kappa shape index (κ1) is 12.8. The van der Waals surface area contributed by atoms with Crippen molar-refractivity contribution < 1.29 is 4.79 Å². The highest BCUT2D eigenvalue weighted by molar-refractivity contribution is 7.09. The van der Waals surface area contributed by atoms with Gasteiger partial charge in [0.2, 0.25) is 5.91 Å². The van der Waals surface area contributed by atoms with Crippen molar-refractivity contribution in [3.63, 3.8) is 0 Å². The van der Waals surface area contributed by atoms with Crippen molar-refractivity contribution in [3.8, 4) is 0 Å². The molecule has 3 nitrogen and oxygen atoms in total. The third-order valence-corrected chi connectivity index (χ3v) is 3.64. The topological polar surface area (TPSA) is 46.3 Å². The van der Waals surface area contributed by atoms with Crippen molar-refractivity contribution in [2.45, 2.75) is 12.6 Å². The van der Waals surface area contributed by atoms with Crippen LogP contribution < -0.4 is 5.73 Å². The minimum absolute atomic E-state index is 0.0606. The molecule has 2 N–H and O–H groups in total. The Labute approximate surface area is 111 Å². The highest BCUT2D eigenvalue weighted by atomic mass is 32.1. The summed E-state index contributed by atoms with van der Waals surface area (Å²) < 4.78 is 0. The summed E-state index contributed by atoms with van der Waals surface area (Å²) in [5.41, 5.74) is 6.83. The van der Waals surface area contributed by atoms with Crippen LogP contribution in [0.4, 0.5) is 0 Å². The molecular weight excluding hydrogens is 244 g/mol. The monoisotopic (exact) mass is 260 g/mol. The van der Waals surface area contributed by atoms with Crippen molar-refractivity contribution in [1.82, 2.24) is 4.90 Å². The second-order valence-electron chi connectivity index (χ2n) is 4.16. The quantitative estimate of drug-likeness (QED) is 0.917. The SMILES string of the molecule is CN(Cc1cccs1)C(=O)C(N)c1ccccc1. The van der Waals surface area contributed by atoms with Crippen molar-refractivity contribution in [2.24, 2.45) is 5.73 Å². The molecule has 0 radical (unpaired) electrons. The summed E-state index contributed by atoms with van der Waals surface area (Å²) in [4.78, 5) is 15.0. The molecule has 0 aliphatic carbocycles. The Kier molecular flexibility index (Phi) is 4.12. The average Bonchev–Trinajstić information content (AvgIpc) is 2.91. The molecule has 2 rings (SSSR count). The Morgan fingerprint density at radius 1 is 1.28 bits per heavy atom. The summed E-state index contributed by atoms with van der Waals surface area (Å²) in [6.45, 7) is 0.608. The summed E-state index contributed by atoms with van der Waals surface area (Å²) in [7, 11) is 1.78. The normalized spacial score (nSPS) is 12.1. The molecule has 1 unspecified atom stereocenters. The fourth-order valence-corrected chi connectivity index (χ4v) is 2.51. The third-order valence-electron chi connectivity index (χ3n) is 2.77. The molecular formula is C14H16N2OS. The van der Waals surface area contributed by atoms with Crippen LogP contribution in [-0.4, -0.2) is 17.9 Å². The van der Waals surface area contributed by atoms with Crippen LogP contribution in [0.5, 0.6) is 0 Å². The first-order valence-corrected chi connectivity index (χ1v) is 6.64. The van der Waals surface area contributed by atoms with Crippen LogP contribution in [0.1, 0.15) is 16.5 Å². The molecule has 0 fully saturated rings. The minimum Gasteiger partial charge on any atom is -0.339 e. The predicted molar refractivity (Wildman–Crippen MR) is 74.2 cm³/mol. The maximum Gasteiger partial charge on any atom is 0.244 e. The number of hydrogen-bond donors (Lipinski definition) is 1. The van der Waals surface area contributed by atoms with E-state index in [0.717, 1.165) is 10.4 Å². The average molecular weight is 260 g/mol. The number of rotatable bonds is 4. The van der Waals surface area contributed by atoms with E-state index in [1.807, 2.05) is 47.8 Å². The second kappa shape index (κ2) is 5.80. The summed E-state index contributed by atoms with van der Waals surface area (Å²) in [6, 6.07) is 12.9. The second-order valence-corrected chi connectivity index (χ2v) is 5.19. The van der Waals surface area contributed by atoms with Gasteiger partial charge in [-0.2, -0.15) is 0 Å². The van der Waals surface area contributed by atoms with E-state index in [1.54, 1.807) is 23.3 Å². The molecule has 0 bridgehead atoms. The van der Waals surface area contributed by atoms with Crippen LogP contribution in [0.2, 0.25) is 0 Å². The zero-order chi connectivity index (χ0) is 13.0. The largest absolute Gasteiger partial charge is 0.339 e. The predicted octanol–water partition coefficient (Wildman–Crippen LogP) is 2.41. The summed E-state index contributed by atoms with van der Waals surface area (Å²) >= 11 is 1.64. The Morgan fingerprint density at radius 2 is 2.00 bits per heavy atom. The van der Waals surface area contributed by atoms with E-state index in [-0.39, 0.29) is 5.91 Å².